The van der Waals surface area contributed by atoms with Crippen LogP contribution in [0.15, 0.2) is 17.5 Å². The average Bonchev–Trinajstić information content (AvgIpc) is 2.90. The summed E-state index contributed by atoms with van der Waals surface area (Å²) in [5, 5.41) is 6.81. The molecule has 3 heteroatoms. The van der Waals surface area contributed by atoms with Crippen LogP contribution in [-0.4, -0.2) is 17.0 Å². The Balaban J connectivity index is 1.88. The lowest BCUT2D eigenvalue weighted by molar-refractivity contribution is 0.472. The van der Waals surface area contributed by atoms with E-state index >= 15 is 0 Å². The first-order valence-electron chi connectivity index (χ1n) is 6.22. The van der Waals surface area contributed by atoms with Crippen LogP contribution in [0.2, 0.25) is 0 Å². The van der Waals surface area contributed by atoms with Crippen LogP contribution in [0.25, 0.3) is 0 Å². The average molecular weight is 255 g/mol. The van der Waals surface area contributed by atoms with E-state index in [2.05, 4.69) is 48.4 Å². The Morgan fingerprint density at radius 1 is 1.56 bits per heavy atom. The highest BCUT2D eigenvalue weighted by atomic mass is 32.2. The van der Waals surface area contributed by atoms with Gasteiger partial charge in [-0.3, -0.25) is 0 Å². The minimum absolute atomic E-state index is 0.517. The van der Waals surface area contributed by atoms with Crippen LogP contribution < -0.4 is 5.32 Å². The minimum Gasteiger partial charge on any atom is -0.306 e. The van der Waals surface area contributed by atoms with Gasteiger partial charge in [0.25, 0.3) is 0 Å². The molecule has 1 aromatic heterocycles. The summed E-state index contributed by atoms with van der Waals surface area (Å²) in [6.45, 7) is 4.56. The Morgan fingerprint density at radius 3 is 3.12 bits per heavy atom. The van der Waals surface area contributed by atoms with E-state index < -0.39 is 0 Å². The van der Waals surface area contributed by atoms with Crippen LogP contribution in [0.5, 0.6) is 0 Å². The van der Waals surface area contributed by atoms with Gasteiger partial charge in [-0.2, -0.15) is 11.8 Å². The zero-order chi connectivity index (χ0) is 11.4. The van der Waals surface area contributed by atoms with E-state index in [1.807, 2.05) is 11.3 Å². The van der Waals surface area contributed by atoms with Crippen molar-refractivity contribution in [3.63, 3.8) is 0 Å². The summed E-state index contributed by atoms with van der Waals surface area (Å²) in [4.78, 5) is 1.46. The highest BCUT2D eigenvalue weighted by Gasteiger charge is 2.28. The normalized spacial score (nSPS) is 27.1. The van der Waals surface area contributed by atoms with Crippen molar-refractivity contribution in [1.29, 1.82) is 0 Å². The molecule has 16 heavy (non-hydrogen) atoms. The fourth-order valence-corrected chi connectivity index (χ4v) is 4.42. The number of thioether (sulfide) groups is 1. The van der Waals surface area contributed by atoms with Crippen molar-refractivity contribution in [2.24, 2.45) is 0 Å². The monoisotopic (exact) mass is 255 g/mol. The third-order valence-electron chi connectivity index (χ3n) is 3.27. The molecule has 0 bridgehead atoms. The van der Waals surface area contributed by atoms with Gasteiger partial charge < -0.3 is 5.32 Å². The van der Waals surface area contributed by atoms with Gasteiger partial charge in [-0.05, 0) is 37.0 Å². The number of thiophene rings is 1. The maximum absolute atomic E-state index is 3.81. The van der Waals surface area contributed by atoms with Crippen molar-refractivity contribution in [2.75, 3.05) is 5.75 Å². The maximum atomic E-state index is 3.81. The molecular weight excluding hydrogens is 234 g/mol. The molecule has 1 N–H and O–H groups in total. The zero-order valence-corrected chi connectivity index (χ0v) is 11.7. The van der Waals surface area contributed by atoms with Crippen LogP contribution in [0.3, 0.4) is 0 Å². The fraction of sp³-hybridized carbons (Fsp3) is 0.692. The first-order chi connectivity index (χ1) is 7.81. The molecule has 1 saturated carbocycles. The van der Waals surface area contributed by atoms with E-state index in [4.69, 9.17) is 0 Å². The lowest BCUT2D eigenvalue weighted by Gasteiger charge is -2.24. The smallest absolute Gasteiger partial charge is 0.0388 e. The summed E-state index contributed by atoms with van der Waals surface area (Å²) in [5.74, 6) is 1.25. The zero-order valence-electron chi connectivity index (χ0n) is 10.1. The van der Waals surface area contributed by atoms with Crippen LogP contribution >= 0.6 is 23.1 Å². The first-order valence-corrected chi connectivity index (χ1v) is 8.15. The molecular formula is C13H21NS2. The molecule has 3 atom stereocenters. The van der Waals surface area contributed by atoms with Gasteiger partial charge in [0.05, 0.1) is 0 Å². The second-order valence-corrected chi connectivity index (χ2v) is 6.93. The van der Waals surface area contributed by atoms with E-state index in [1.54, 1.807) is 0 Å². The van der Waals surface area contributed by atoms with Gasteiger partial charge in [0, 0.05) is 22.2 Å². The van der Waals surface area contributed by atoms with Crippen molar-refractivity contribution in [3.05, 3.63) is 22.4 Å². The topological polar surface area (TPSA) is 12.0 Å². The van der Waals surface area contributed by atoms with Gasteiger partial charge in [0.15, 0.2) is 0 Å². The number of hydrogen-bond acceptors (Lipinski definition) is 3. The summed E-state index contributed by atoms with van der Waals surface area (Å²) < 4.78 is 0. The summed E-state index contributed by atoms with van der Waals surface area (Å²) in [6.07, 6.45) is 4.15. The van der Waals surface area contributed by atoms with Crippen LogP contribution in [-0.2, 0) is 0 Å². The molecule has 3 unspecified atom stereocenters. The first kappa shape index (κ1) is 12.5. The summed E-state index contributed by atoms with van der Waals surface area (Å²) in [7, 11) is 0. The molecule has 0 amide bonds. The Bertz CT molecular complexity index is 297. The van der Waals surface area contributed by atoms with Crippen molar-refractivity contribution >= 4 is 23.1 Å². The molecule has 0 saturated heterocycles. The fourth-order valence-electron chi connectivity index (χ4n) is 2.47. The molecule has 1 aliphatic rings. The third-order valence-corrected chi connectivity index (χ3v) is 5.65. The highest BCUT2D eigenvalue weighted by molar-refractivity contribution is 7.99. The van der Waals surface area contributed by atoms with Crippen molar-refractivity contribution in [2.45, 2.75) is 50.4 Å². The van der Waals surface area contributed by atoms with Crippen molar-refractivity contribution in [3.8, 4) is 0 Å². The van der Waals surface area contributed by atoms with Gasteiger partial charge in [-0.15, -0.1) is 11.3 Å². The quantitative estimate of drug-likeness (QED) is 0.851. The largest absolute Gasteiger partial charge is 0.306 e. The van der Waals surface area contributed by atoms with Crippen LogP contribution in [0.1, 0.15) is 44.0 Å². The van der Waals surface area contributed by atoms with E-state index in [9.17, 15) is 0 Å². The lowest BCUT2D eigenvalue weighted by atomic mass is 10.2. The summed E-state index contributed by atoms with van der Waals surface area (Å²) in [6, 6.07) is 5.62. The molecule has 1 aromatic rings. The molecule has 1 nitrogen and oxygen atoms in total. The van der Waals surface area contributed by atoms with Crippen LogP contribution in [0.4, 0.5) is 0 Å². The van der Waals surface area contributed by atoms with E-state index in [-0.39, 0.29) is 0 Å². The molecule has 1 aliphatic carbocycles. The number of nitrogens with one attached hydrogen (secondary N) is 1. The molecule has 0 spiro atoms. The Morgan fingerprint density at radius 2 is 2.44 bits per heavy atom. The predicted molar refractivity (Wildman–Crippen MR) is 75.4 cm³/mol. The van der Waals surface area contributed by atoms with E-state index in [0.29, 0.717) is 6.04 Å². The number of hydrogen-bond donors (Lipinski definition) is 1. The summed E-state index contributed by atoms with van der Waals surface area (Å²) >= 11 is 3.99. The predicted octanol–water partition coefficient (Wildman–Crippen LogP) is 4.07. The standard InChI is InChI=1S/C13H21NS2/c1-3-15-13-7-4-6-11(13)14-10(2)12-8-5-9-16-12/h5,8-11,13-14H,3-4,6-7H2,1-2H3. The summed E-state index contributed by atoms with van der Waals surface area (Å²) in [5.41, 5.74) is 0. The Kier molecular flexibility index (Phi) is 4.74. The lowest BCUT2D eigenvalue weighted by Crippen LogP contribution is -2.35. The minimum atomic E-state index is 0.517. The maximum Gasteiger partial charge on any atom is 0.0388 e. The molecule has 90 valence electrons. The molecule has 0 aromatic carbocycles. The van der Waals surface area contributed by atoms with Gasteiger partial charge in [-0.1, -0.05) is 19.4 Å². The molecule has 2 rings (SSSR count). The van der Waals surface area contributed by atoms with Crippen molar-refractivity contribution < 1.29 is 0 Å². The van der Waals surface area contributed by atoms with Gasteiger partial charge in [0.2, 0.25) is 0 Å². The van der Waals surface area contributed by atoms with E-state index in [0.717, 1.165) is 11.3 Å². The van der Waals surface area contributed by atoms with Gasteiger partial charge in [-0.25, -0.2) is 0 Å². The van der Waals surface area contributed by atoms with Gasteiger partial charge in [0.1, 0.15) is 0 Å². The number of rotatable bonds is 5. The van der Waals surface area contributed by atoms with Crippen molar-refractivity contribution in [1.82, 2.24) is 5.32 Å². The Labute approximate surface area is 107 Å². The molecule has 1 fully saturated rings. The SMILES string of the molecule is CCSC1CCCC1NC(C)c1cccs1. The molecule has 0 aliphatic heterocycles. The van der Waals surface area contributed by atoms with E-state index in [1.165, 1.54) is 29.9 Å². The van der Waals surface area contributed by atoms with Gasteiger partial charge >= 0.3 is 0 Å². The Hall–Kier alpha value is 0.01000. The third kappa shape index (κ3) is 3.02. The molecule has 0 radical (unpaired) electrons. The highest BCUT2D eigenvalue weighted by Crippen LogP contribution is 2.32. The molecule has 1 heterocycles. The second kappa shape index (κ2) is 6.08. The second-order valence-electron chi connectivity index (χ2n) is 4.43. The van der Waals surface area contributed by atoms with Crippen LogP contribution in [0, 0.1) is 0 Å².